The predicted octanol–water partition coefficient (Wildman–Crippen LogP) is 5.30. The molecule has 0 radical (unpaired) electrons. The molecule has 0 N–H and O–H groups in total. The van der Waals surface area contributed by atoms with Gasteiger partial charge >= 0.3 is 0 Å². The smallest absolute Gasteiger partial charge is 0.256 e. The third-order valence-electron chi connectivity index (χ3n) is 3.14. The minimum absolute atomic E-state index is 0.00919. The first-order valence-corrected chi connectivity index (χ1v) is 9.48. The Morgan fingerprint density at radius 3 is 2.09 bits per heavy atom. The molecule has 1 amide bonds. The number of hydrogen-bond donors (Lipinski definition) is 0. The monoisotopic (exact) mass is 348 g/mol. The van der Waals surface area contributed by atoms with E-state index in [-0.39, 0.29) is 16.7 Å². The molecule has 0 spiro atoms. The second-order valence-corrected chi connectivity index (χ2v) is 9.58. The normalized spacial score (nSPS) is 15.4. The van der Waals surface area contributed by atoms with Gasteiger partial charge in [-0.2, -0.15) is 0 Å². The van der Waals surface area contributed by atoms with Crippen LogP contribution in [-0.2, 0) is 10.2 Å². The zero-order chi connectivity index (χ0) is 17.3. The summed E-state index contributed by atoms with van der Waals surface area (Å²) in [7, 11) is 0. The van der Waals surface area contributed by atoms with Crippen molar-refractivity contribution in [1.82, 2.24) is 4.98 Å². The van der Waals surface area contributed by atoms with Crippen molar-refractivity contribution >= 4 is 44.3 Å². The van der Waals surface area contributed by atoms with Crippen LogP contribution in [0.4, 0.5) is 0 Å². The van der Waals surface area contributed by atoms with Gasteiger partial charge in [0, 0.05) is 10.8 Å². The lowest BCUT2D eigenvalue weighted by molar-refractivity contribution is -0.115. The van der Waals surface area contributed by atoms with Crippen LogP contribution in [0.1, 0.15) is 46.6 Å². The van der Waals surface area contributed by atoms with E-state index in [4.69, 9.17) is 0 Å². The molecule has 124 valence electrons. The number of amides is 1. The van der Waals surface area contributed by atoms with Crippen molar-refractivity contribution in [3.8, 4) is 0 Å². The molecule has 1 aromatic heterocycles. The van der Waals surface area contributed by atoms with Crippen LogP contribution in [-0.4, -0.2) is 21.7 Å². The number of benzene rings is 1. The number of para-hydroxylation sites is 1. The van der Waals surface area contributed by atoms with Crippen LogP contribution in [0.3, 0.4) is 0 Å². The van der Waals surface area contributed by atoms with E-state index in [1.54, 1.807) is 23.1 Å². The number of aliphatic imine (C=N–C) groups is 1. The highest BCUT2D eigenvalue weighted by atomic mass is 32.2. The molecule has 0 atom stereocenters. The Kier molecular flexibility index (Phi) is 5.31. The minimum Gasteiger partial charge on any atom is -0.272 e. The van der Waals surface area contributed by atoms with Crippen LogP contribution in [0.25, 0.3) is 10.2 Å². The molecule has 3 nitrogen and oxygen atoms in total. The molecule has 0 unspecified atom stereocenters. The zero-order valence-corrected chi connectivity index (χ0v) is 16.3. The molecule has 2 aromatic rings. The summed E-state index contributed by atoms with van der Waals surface area (Å²) >= 11 is 3.35. The number of aromatic nitrogens is 1. The topological polar surface area (TPSA) is 42.3 Å². The fraction of sp³-hybridized carbons (Fsp3) is 0.500. The maximum absolute atomic E-state index is 10.7. The third-order valence-corrected chi connectivity index (χ3v) is 5.97. The van der Waals surface area contributed by atoms with Crippen molar-refractivity contribution in [3.63, 3.8) is 0 Å². The number of thioether (sulfide) groups is 1. The highest BCUT2D eigenvalue weighted by Crippen LogP contribution is 2.30. The largest absolute Gasteiger partial charge is 0.272 e. The van der Waals surface area contributed by atoms with E-state index in [9.17, 15) is 4.79 Å². The molecule has 0 aliphatic carbocycles. The number of carbonyl (C=O) groups excluding carboxylic acids is 1. The number of thiazole rings is 1. The standard InChI is InChI=1S/C11H13NS.C7H11NOS/c1-11(2,3)10-12-8-6-4-5-7-9(8)13-10;1-7(2,3)6-8-5(9)4-10-6/h4-7H,1-3H3;4H2,1-3H3. The van der Waals surface area contributed by atoms with E-state index in [1.807, 2.05) is 6.07 Å². The highest BCUT2D eigenvalue weighted by Gasteiger charge is 2.25. The number of nitrogens with zero attached hydrogens (tertiary/aromatic N) is 2. The average Bonchev–Trinajstić information content (AvgIpc) is 3.03. The van der Waals surface area contributed by atoms with Crippen molar-refractivity contribution in [3.05, 3.63) is 29.3 Å². The summed E-state index contributed by atoms with van der Waals surface area (Å²) in [6, 6.07) is 8.30. The van der Waals surface area contributed by atoms with Gasteiger partial charge in [0.1, 0.15) is 0 Å². The van der Waals surface area contributed by atoms with Crippen LogP contribution >= 0.6 is 23.1 Å². The molecule has 2 heterocycles. The molecule has 1 aromatic carbocycles. The van der Waals surface area contributed by atoms with Gasteiger partial charge in [-0.3, -0.25) is 4.79 Å². The number of fused-ring (bicyclic) bond motifs is 1. The molecular formula is C18H24N2OS2. The summed E-state index contributed by atoms with van der Waals surface area (Å²) in [6.07, 6.45) is 0. The SMILES string of the molecule is CC(C)(C)C1=NC(=O)CS1.CC(C)(C)c1nc2ccccc2s1. The predicted molar refractivity (Wildman–Crippen MR) is 103 cm³/mol. The van der Waals surface area contributed by atoms with Crippen molar-refractivity contribution in [1.29, 1.82) is 0 Å². The molecule has 0 saturated heterocycles. The van der Waals surface area contributed by atoms with Crippen molar-refractivity contribution < 1.29 is 4.79 Å². The molecule has 0 fully saturated rings. The minimum atomic E-state index is 0.00919. The highest BCUT2D eigenvalue weighted by molar-refractivity contribution is 8.15. The van der Waals surface area contributed by atoms with Gasteiger partial charge in [0.15, 0.2) is 0 Å². The van der Waals surface area contributed by atoms with Gasteiger partial charge in [-0.1, -0.05) is 53.7 Å². The van der Waals surface area contributed by atoms with Crippen LogP contribution in [0.2, 0.25) is 0 Å². The van der Waals surface area contributed by atoms with E-state index in [1.165, 1.54) is 9.71 Å². The average molecular weight is 349 g/mol. The first-order valence-electron chi connectivity index (χ1n) is 7.68. The van der Waals surface area contributed by atoms with Crippen molar-refractivity contribution in [2.45, 2.75) is 47.0 Å². The molecule has 23 heavy (non-hydrogen) atoms. The second kappa shape index (κ2) is 6.73. The molecule has 1 aliphatic heterocycles. The van der Waals surface area contributed by atoms with Crippen LogP contribution < -0.4 is 0 Å². The van der Waals surface area contributed by atoms with Crippen LogP contribution in [0.15, 0.2) is 29.3 Å². The lowest BCUT2D eigenvalue weighted by atomic mass is 9.98. The van der Waals surface area contributed by atoms with Gasteiger partial charge in [-0.05, 0) is 12.1 Å². The first-order chi connectivity index (χ1) is 10.6. The molecule has 0 saturated carbocycles. The second-order valence-electron chi connectivity index (χ2n) is 7.59. The van der Waals surface area contributed by atoms with Gasteiger partial charge in [-0.15, -0.1) is 23.1 Å². The fourth-order valence-corrected chi connectivity index (χ4v) is 3.83. The molecular weight excluding hydrogens is 324 g/mol. The Bertz CT molecular complexity index is 700. The Morgan fingerprint density at radius 1 is 1.00 bits per heavy atom. The van der Waals surface area contributed by atoms with Gasteiger partial charge in [-0.25, -0.2) is 9.98 Å². The van der Waals surface area contributed by atoms with E-state index in [0.717, 1.165) is 10.6 Å². The summed E-state index contributed by atoms with van der Waals surface area (Å²) in [4.78, 5) is 19.2. The van der Waals surface area contributed by atoms with Crippen molar-refractivity contribution in [2.75, 3.05) is 5.75 Å². The molecule has 0 bridgehead atoms. The van der Waals surface area contributed by atoms with Gasteiger partial charge < -0.3 is 0 Å². The van der Waals surface area contributed by atoms with E-state index >= 15 is 0 Å². The maximum atomic E-state index is 10.7. The summed E-state index contributed by atoms with van der Waals surface area (Å²) in [5, 5.41) is 2.19. The zero-order valence-electron chi connectivity index (χ0n) is 14.6. The molecule has 5 heteroatoms. The number of hydrogen-bond acceptors (Lipinski definition) is 4. The van der Waals surface area contributed by atoms with E-state index < -0.39 is 0 Å². The van der Waals surface area contributed by atoms with Crippen LogP contribution in [0.5, 0.6) is 0 Å². The summed E-state index contributed by atoms with van der Waals surface area (Å²) < 4.78 is 1.28. The Morgan fingerprint density at radius 2 is 1.65 bits per heavy atom. The van der Waals surface area contributed by atoms with E-state index in [2.05, 4.69) is 69.7 Å². The summed E-state index contributed by atoms with van der Waals surface area (Å²) in [6.45, 7) is 12.8. The maximum Gasteiger partial charge on any atom is 0.256 e. The quantitative estimate of drug-likeness (QED) is 0.649. The lowest BCUT2D eigenvalue weighted by Crippen LogP contribution is -2.14. The van der Waals surface area contributed by atoms with Gasteiger partial charge in [0.2, 0.25) is 0 Å². The Labute approximate surface area is 146 Å². The van der Waals surface area contributed by atoms with Crippen LogP contribution in [0, 0.1) is 5.41 Å². The van der Waals surface area contributed by atoms with E-state index in [0.29, 0.717) is 5.75 Å². The molecule has 1 aliphatic rings. The fourth-order valence-electron chi connectivity index (χ4n) is 1.89. The van der Waals surface area contributed by atoms with Gasteiger partial charge in [0.25, 0.3) is 5.91 Å². The third kappa shape index (κ3) is 4.88. The summed E-state index contributed by atoms with van der Waals surface area (Å²) in [5.74, 6) is 0.544. The number of rotatable bonds is 0. The lowest BCUT2D eigenvalue weighted by Gasteiger charge is -2.15. The van der Waals surface area contributed by atoms with Gasteiger partial charge in [0.05, 0.1) is 26.0 Å². The molecule has 3 rings (SSSR count). The summed E-state index contributed by atoms with van der Waals surface area (Å²) in [5.41, 5.74) is 1.35. The first kappa shape index (κ1) is 18.1. The number of carbonyl (C=O) groups is 1. The van der Waals surface area contributed by atoms with Crippen molar-refractivity contribution in [2.24, 2.45) is 10.4 Å². The Hall–Kier alpha value is -1.20. The Balaban J connectivity index is 0.000000174.